The Bertz CT molecular complexity index is 1740. The molecule has 8 rings (SSSR count). The van der Waals surface area contributed by atoms with Crippen molar-refractivity contribution in [3.63, 3.8) is 0 Å². The third-order valence-corrected chi connectivity index (χ3v) is 10.3. The Balaban J connectivity index is 1.47. The fourth-order valence-electron chi connectivity index (χ4n) is 8.94. The van der Waals surface area contributed by atoms with Crippen LogP contribution in [-0.4, -0.2) is 0 Å². The Labute approximate surface area is 224 Å². The first kappa shape index (κ1) is 22.0. The SMILES string of the molecule is CCC12CC3(c4ccccc4-c4cc(-c5ccccc5)cc[n+]43)C1(CC)[n+]1ccccc1-c1ccccc12. The van der Waals surface area contributed by atoms with Crippen molar-refractivity contribution in [2.75, 3.05) is 0 Å². The first-order chi connectivity index (χ1) is 18.7. The minimum absolute atomic E-state index is 0.0528. The number of rotatable bonds is 3. The van der Waals surface area contributed by atoms with Gasteiger partial charge in [-0.25, -0.2) is 0 Å². The van der Waals surface area contributed by atoms with Crippen molar-refractivity contribution in [1.29, 1.82) is 0 Å². The van der Waals surface area contributed by atoms with E-state index in [1.54, 1.807) is 0 Å². The standard InChI is InChI=1S/C36H32N2/c1-3-34-25-35(36(34,4-2)38-22-13-12-20-32(38)28-16-8-10-18-30(28)34)31-19-11-9-17-29(31)33-24-27(21-23-37(33)35)26-14-6-5-7-15-26/h5-24H,3-4,25H2,1-2H3/q+2. The minimum atomic E-state index is -0.160. The number of hydrogen-bond acceptors (Lipinski definition) is 0. The van der Waals surface area contributed by atoms with Crippen LogP contribution in [0.15, 0.2) is 122 Å². The molecule has 0 saturated heterocycles. The van der Waals surface area contributed by atoms with Crippen molar-refractivity contribution < 1.29 is 9.13 Å². The molecule has 1 fully saturated rings. The van der Waals surface area contributed by atoms with Crippen molar-refractivity contribution in [3.05, 3.63) is 133 Å². The van der Waals surface area contributed by atoms with Gasteiger partial charge in [0.25, 0.3) is 5.54 Å². The lowest BCUT2D eigenvalue weighted by molar-refractivity contribution is -0.894. The molecule has 2 heteroatoms. The molecule has 0 amide bonds. The van der Waals surface area contributed by atoms with Crippen LogP contribution in [0.4, 0.5) is 0 Å². The summed E-state index contributed by atoms with van der Waals surface area (Å²) in [6, 6.07) is 40.7. The highest BCUT2D eigenvalue weighted by Gasteiger charge is 2.88. The van der Waals surface area contributed by atoms with E-state index >= 15 is 0 Å². The van der Waals surface area contributed by atoms with E-state index in [1.165, 1.54) is 44.8 Å². The van der Waals surface area contributed by atoms with Crippen LogP contribution in [0.3, 0.4) is 0 Å². The van der Waals surface area contributed by atoms with E-state index in [0.29, 0.717) is 0 Å². The molecule has 184 valence electrons. The topological polar surface area (TPSA) is 7.76 Å². The number of fused-ring (bicyclic) bond motifs is 12. The normalized spacial score (nSPS) is 25.5. The van der Waals surface area contributed by atoms with Gasteiger partial charge >= 0.3 is 0 Å². The first-order valence-electron chi connectivity index (χ1n) is 14.0. The number of hydrogen-bond donors (Lipinski definition) is 0. The quantitative estimate of drug-likeness (QED) is 0.236. The second kappa shape index (κ2) is 7.51. The molecule has 2 aliphatic heterocycles. The van der Waals surface area contributed by atoms with Crippen LogP contribution in [0.5, 0.6) is 0 Å². The zero-order valence-corrected chi connectivity index (χ0v) is 22.1. The monoisotopic (exact) mass is 492 g/mol. The van der Waals surface area contributed by atoms with Crippen LogP contribution in [0.2, 0.25) is 0 Å². The summed E-state index contributed by atoms with van der Waals surface area (Å²) in [6.07, 6.45) is 8.01. The zero-order chi connectivity index (χ0) is 25.5. The summed E-state index contributed by atoms with van der Waals surface area (Å²) >= 11 is 0. The molecule has 3 aromatic carbocycles. The van der Waals surface area contributed by atoms with E-state index in [-0.39, 0.29) is 16.5 Å². The summed E-state index contributed by atoms with van der Waals surface area (Å²) < 4.78 is 5.32. The molecule has 5 aromatic rings. The van der Waals surface area contributed by atoms with Crippen LogP contribution in [0.25, 0.3) is 33.6 Å². The molecule has 3 atom stereocenters. The summed E-state index contributed by atoms with van der Waals surface area (Å²) in [5.41, 5.74) is 10.7. The van der Waals surface area contributed by atoms with Gasteiger partial charge in [0.2, 0.25) is 16.9 Å². The minimum Gasteiger partial charge on any atom is -0.184 e. The van der Waals surface area contributed by atoms with E-state index in [0.717, 1.165) is 19.3 Å². The number of aromatic nitrogens is 2. The highest BCUT2D eigenvalue weighted by atomic mass is 15.3. The van der Waals surface area contributed by atoms with Crippen LogP contribution in [0, 0.1) is 0 Å². The smallest absolute Gasteiger partial charge is 0.184 e. The molecule has 2 nitrogen and oxygen atoms in total. The first-order valence-corrected chi connectivity index (χ1v) is 14.0. The predicted molar refractivity (Wildman–Crippen MR) is 152 cm³/mol. The highest BCUT2D eigenvalue weighted by Crippen LogP contribution is 2.71. The van der Waals surface area contributed by atoms with E-state index in [2.05, 4.69) is 145 Å². The van der Waals surface area contributed by atoms with Crippen LogP contribution in [-0.2, 0) is 16.5 Å². The molecular formula is C36H32N2+2. The van der Waals surface area contributed by atoms with Crippen molar-refractivity contribution in [3.8, 4) is 33.6 Å². The molecule has 2 aromatic heterocycles. The molecular weight excluding hydrogens is 460 g/mol. The molecule has 1 spiro atoms. The zero-order valence-electron chi connectivity index (χ0n) is 22.1. The second-order valence-corrected chi connectivity index (χ2v) is 11.3. The number of pyridine rings is 2. The van der Waals surface area contributed by atoms with Gasteiger partial charge in [0.15, 0.2) is 12.4 Å². The maximum absolute atomic E-state index is 2.67. The average Bonchev–Trinajstić information content (AvgIpc) is 3.28. The molecule has 3 unspecified atom stereocenters. The van der Waals surface area contributed by atoms with E-state index in [4.69, 9.17) is 0 Å². The Morgan fingerprint density at radius 1 is 0.579 bits per heavy atom. The Morgan fingerprint density at radius 3 is 2.03 bits per heavy atom. The van der Waals surface area contributed by atoms with E-state index in [1.807, 2.05) is 0 Å². The van der Waals surface area contributed by atoms with Gasteiger partial charge in [-0.1, -0.05) is 80.6 Å². The Morgan fingerprint density at radius 2 is 1.26 bits per heavy atom. The van der Waals surface area contributed by atoms with Gasteiger partial charge in [-0.15, -0.1) is 0 Å². The molecule has 38 heavy (non-hydrogen) atoms. The van der Waals surface area contributed by atoms with Gasteiger partial charge in [-0.3, -0.25) is 0 Å². The second-order valence-electron chi connectivity index (χ2n) is 11.3. The molecule has 0 bridgehead atoms. The van der Waals surface area contributed by atoms with Crippen molar-refractivity contribution in [1.82, 2.24) is 0 Å². The third-order valence-electron chi connectivity index (χ3n) is 10.3. The highest BCUT2D eigenvalue weighted by molar-refractivity contribution is 5.75. The number of nitrogens with zero attached hydrogens (tertiary/aromatic N) is 2. The largest absolute Gasteiger partial charge is 0.260 e. The van der Waals surface area contributed by atoms with Crippen LogP contribution < -0.4 is 9.13 Å². The van der Waals surface area contributed by atoms with Crippen molar-refractivity contribution >= 4 is 0 Å². The van der Waals surface area contributed by atoms with Gasteiger partial charge < -0.3 is 0 Å². The third kappa shape index (κ3) is 2.28. The maximum Gasteiger partial charge on any atom is 0.260 e. The molecule has 1 saturated carbocycles. The lowest BCUT2D eigenvalue weighted by Gasteiger charge is -2.63. The van der Waals surface area contributed by atoms with Gasteiger partial charge in [0.1, 0.15) is 0 Å². The lowest BCUT2D eigenvalue weighted by atomic mass is 9.37. The fraction of sp³-hybridized carbons (Fsp3) is 0.222. The Kier molecular flexibility index (Phi) is 4.35. The summed E-state index contributed by atoms with van der Waals surface area (Å²) in [6.45, 7) is 4.83. The fourth-order valence-corrected chi connectivity index (χ4v) is 8.94. The van der Waals surface area contributed by atoms with Crippen molar-refractivity contribution in [2.24, 2.45) is 0 Å². The predicted octanol–water partition coefficient (Wildman–Crippen LogP) is 7.19. The average molecular weight is 493 g/mol. The summed E-state index contributed by atoms with van der Waals surface area (Å²) in [5.74, 6) is 0. The van der Waals surface area contributed by atoms with Crippen molar-refractivity contribution in [2.45, 2.75) is 49.6 Å². The van der Waals surface area contributed by atoms with Gasteiger partial charge in [0.05, 0.1) is 16.5 Å². The summed E-state index contributed by atoms with van der Waals surface area (Å²) in [7, 11) is 0. The molecule has 0 radical (unpaired) electrons. The number of benzene rings is 3. The van der Waals surface area contributed by atoms with E-state index < -0.39 is 0 Å². The van der Waals surface area contributed by atoms with Gasteiger partial charge in [-0.05, 0) is 41.3 Å². The van der Waals surface area contributed by atoms with E-state index in [9.17, 15) is 0 Å². The van der Waals surface area contributed by atoms with Crippen LogP contribution in [0.1, 0.15) is 44.2 Å². The molecule has 4 heterocycles. The molecule has 3 aliphatic rings. The molecule has 1 aliphatic carbocycles. The van der Waals surface area contributed by atoms with Gasteiger partial charge in [0, 0.05) is 42.7 Å². The summed E-state index contributed by atoms with van der Waals surface area (Å²) in [4.78, 5) is 0. The van der Waals surface area contributed by atoms with Crippen LogP contribution >= 0.6 is 0 Å². The summed E-state index contributed by atoms with van der Waals surface area (Å²) in [5, 5.41) is 0. The maximum atomic E-state index is 2.67. The molecule has 0 N–H and O–H groups in total. The van der Waals surface area contributed by atoms with Gasteiger partial charge in [-0.2, -0.15) is 9.13 Å². The lowest BCUT2D eigenvalue weighted by Crippen LogP contribution is -2.91. The Hall–Kier alpha value is -4.04.